The number of carboxylic acids is 1. The molecule has 2 saturated heterocycles. The van der Waals surface area contributed by atoms with Crippen molar-refractivity contribution in [1.82, 2.24) is 15.1 Å². The summed E-state index contributed by atoms with van der Waals surface area (Å²) < 4.78 is 5.51. The van der Waals surface area contributed by atoms with Crippen molar-refractivity contribution in [2.75, 3.05) is 26.2 Å². The molecule has 0 aromatic carbocycles. The van der Waals surface area contributed by atoms with Crippen LogP contribution in [0.4, 0.5) is 4.79 Å². The molecule has 0 spiro atoms. The Balaban J connectivity index is 0.000000962. The van der Waals surface area contributed by atoms with E-state index < -0.39 is 30.1 Å². The fourth-order valence-corrected chi connectivity index (χ4v) is 4.32. The van der Waals surface area contributed by atoms with Crippen LogP contribution in [0.1, 0.15) is 106 Å². The van der Waals surface area contributed by atoms with Gasteiger partial charge in [0.05, 0.1) is 6.54 Å². The van der Waals surface area contributed by atoms with Crippen LogP contribution in [0.5, 0.6) is 0 Å². The second kappa shape index (κ2) is 20.7. The Labute approximate surface area is 246 Å². The molecular formula is C30H54N4O7. The highest BCUT2D eigenvalue weighted by molar-refractivity contribution is 5.89. The average Bonchev–Trinajstić information content (AvgIpc) is 3.57. The van der Waals surface area contributed by atoms with E-state index in [9.17, 15) is 24.0 Å². The van der Waals surface area contributed by atoms with Crippen molar-refractivity contribution in [1.29, 1.82) is 0 Å². The minimum Gasteiger partial charge on any atom is -0.481 e. The quantitative estimate of drug-likeness (QED) is 0.216. The number of unbranched alkanes of at least 4 members (excludes halogenated alkanes) is 3. The molecule has 4 amide bonds. The minimum absolute atomic E-state index is 0.0648. The Bertz CT molecular complexity index is 854. The summed E-state index contributed by atoms with van der Waals surface area (Å²) in [6.07, 6.45) is 11.2. The molecule has 41 heavy (non-hydrogen) atoms. The molecule has 0 aliphatic carbocycles. The van der Waals surface area contributed by atoms with E-state index in [1.54, 1.807) is 4.90 Å². The van der Waals surface area contributed by atoms with Crippen LogP contribution in [0.15, 0.2) is 12.2 Å². The third kappa shape index (κ3) is 16.1. The molecule has 2 aliphatic heterocycles. The summed E-state index contributed by atoms with van der Waals surface area (Å²) in [4.78, 5) is 60.9. The van der Waals surface area contributed by atoms with Gasteiger partial charge in [0.2, 0.25) is 17.7 Å². The Morgan fingerprint density at radius 2 is 1.76 bits per heavy atom. The van der Waals surface area contributed by atoms with Crippen LogP contribution in [0.2, 0.25) is 0 Å². The van der Waals surface area contributed by atoms with Gasteiger partial charge in [-0.15, -0.1) is 0 Å². The fourth-order valence-electron chi connectivity index (χ4n) is 4.32. The molecule has 11 heteroatoms. The standard InChI is InChI=1S/C18H30N4O5.C10H18O2.C2H6/c1-18(2,3)13(11-21-8-5-7-14(21)23)27-17(26)20-10-15(24)22-9-4-6-12(22)16(19)25;1-2-3-4-5-6-7-8-9-10(11)12;1-2/h12-13H,4-11H2,1-3H3,(H2,19,25)(H,20,26);6-7H,2-5,8-9H2,1H3,(H,11,12);1-2H3/b;7-6-;/t12-,13?;;/m0../s1. The first-order valence-corrected chi connectivity index (χ1v) is 15.0. The van der Waals surface area contributed by atoms with Gasteiger partial charge in [0.1, 0.15) is 18.7 Å². The maximum absolute atomic E-state index is 12.3. The molecule has 0 bridgehead atoms. The van der Waals surface area contributed by atoms with Crippen molar-refractivity contribution < 1.29 is 33.8 Å². The van der Waals surface area contributed by atoms with Gasteiger partial charge in [-0.25, -0.2) is 4.79 Å². The van der Waals surface area contributed by atoms with E-state index in [0.29, 0.717) is 45.3 Å². The zero-order valence-electron chi connectivity index (χ0n) is 26.1. The van der Waals surface area contributed by atoms with E-state index >= 15 is 0 Å². The monoisotopic (exact) mass is 582 g/mol. The van der Waals surface area contributed by atoms with Crippen LogP contribution in [0.25, 0.3) is 0 Å². The topological polar surface area (TPSA) is 159 Å². The van der Waals surface area contributed by atoms with Crippen molar-refractivity contribution in [3.05, 3.63) is 12.2 Å². The predicted octanol–water partition coefficient (Wildman–Crippen LogP) is 4.24. The van der Waals surface area contributed by atoms with E-state index in [1.807, 2.05) is 40.7 Å². The number of carboxylic acid groups (broad SMARTS) is 1. The normalized spacial score (nSPS) is 17.3. The number of aliphatic carboxylic acids is 1. The van der Waals surface area contributed by atoms with Gasteiger partial charge < -0.3 is 30.7 Å². The molecule has 0 radical (unpaired) electrons. The Morgan fingerprint density at radius 1 is 1.10 bits per heavy atom. The number of ether oxygens (including phenoxy) is 1. The summed E-state index contributed by atoms with van der Waals surface area (Å²) in [6.45, 7) is 13.1. The average molecular weight is 583 g/mol. The molecule has 4 N–H and O–H groups in total. The van der Waals surface area contributed by atoms with Crippen LogP contribution in [-0.2, 0) is 23.9 Å². The van der Waals surface area contributed by atoms with Crippen molar-refractivity contribution >= 4 is 29.8 Å². The Morgan fingerprint density at radius 3 is 2.29 bits per heavy atom. The summed E-state index contributed by atoms with van der Waals surface area (Å²) >= 11 is 0. The molecule has 2 heterocycles. The smallest absolute Gasteiger partial charge is 0.407 e. The number of amides is 4. The van der Waals surface area contributed by atoms with Gasteiger partial charge in [-0.3, -0.25) is 19.2 Å². The molecule has 0 aromatic rings. The number of likely N-dealkylation sites (tertiary alicyclic amines) is 2. The molecule has 1 unspecified atom stereocenters. The van der Waals surface area contributed by atoms with Gasteiger partial charge in [-0.1, -0.05) is 66.5 Å². The minimum atomic E-state index is -0.718. The highest BCUT2D eigenvalue weighted by atomic mass is 16.6. The van der Waals surface area contributed by atoms with Gasteiger partial charge >= 0.3 is 12.1 Å². The van der Waals surface area contributed by atoms with Crippen LogP contribution in [0, 0.1) is 5.41 Å². The van der Waals surface area contributed by atoms with Gasteiger partial charge in [0, 0.05) is 31.3 Å². The molecule has 2 fully saturated rings. The highest BCUT2D eigenvalue weighted by Gasteiger charge is 2.35. The van der Waals surface area contributed by atoms with Crippen LogP contribution in [0.3, 0.4) is 0 Å². The number of primary amides is 1. The number of carbonyl (C=O) groups is 5. The van der Waals surface area contributed by atoms with E-state index in [0.717, 1.165) is 12.8 Å². The van der Waals surface area contributed by atoms with Crippen LogP contribution in [-0.4, -0.2) is 83.0 Å². The third-order valence-electron chi connectivity index (χ3n) is 6.72. The zero-order valence-corrected chi connectivity index (χ0v) is 26.1. The number of nitrogens with two attached hydrogens (primary N) is 1. The van der Waals surface area contributed by atoms with Crippen molar-refractivity contribution in [3.8, 4) is 0 Å². The summed E-state index contributed by atoms with van der Waals surface area (Å²) in [5, 5.41) is 10.8. The van der Waals surface area contributed by atoms with Crippen LogP contribution >= 0.6 is 0 Å². The lowest BCUT2D eigenvalue weighted by Gasteiger charge is -2.33. The molecule has 2 aliphatic rings. The fraction of sp³-hybridized carbons (Fsp3) is 0.767. The molecule has 11 nitrogen and oxygen atoms in total. The van der Waals surface area contributed by atoms with E-state index in [-0.39, 0.29) is 30.2 Å². The second-order valence-corrected chi connectivity index (χ2v) is 11.1. The first-order valence-electron chi connectivity index (χ1n) is 15.0. The van der Waals surface area contributed by atoms with Crippen molar-refractivity contribution in [2.24, 2.45) is 11.1 Å². The summed E-state index contributed by atoms with van der Waals surface area (Å²) in [6, 6.07) is -0.612. The summed E-state index contributed by atoms with van der Waals surface area (Å²) in [7, 11) is 0. The predicted molar refractivity (Wildman–Crippen MR) is 159 cm³/mol. The van der Waals surface area contributed by atoms with Crippen molar-refractivity contribution in [3.63, 3.8) is 0 Å². The first-order chi connectivity index (χ1) is 19.4. The lowest BCUT2D eigenvalue weighted by Crippen LogP contribution is -2.49. The van der Waals surface area contributed by atoms with Gasteiger partial charge in [0.15, 0.2) is 0 Å². The summed E-state index contributed by atoms with van der Waals surface area (Å²) in [5.74, 6) is -1.55. The number of rotatable bonds is 13. The maximum Gasteiger partial charge on any atom is 0.407 e. The van der Waals surface area contributed by atoms with Gasteiger partial charge in [0.25, 0.3) is 0 Å². The SMILES string of the molecule is CC.CC(C)(C)C(CN1CCCC1=O)OC(=O)NCC(=O)N1CCC[C@H]1C(N)=O.CCCCC/C=C\CCC(=O)O. The number of hydrogen-bond donors (Lipinski definition) is 3. The second-order valence-electron chi connectivity index (χ2n) is 11.1. The number of carbonyl (C=O) groups excluding carboxylic acids is 4. The van der Waals surface area contributed by atoms with E-state index in [1.165, 1.54) is 24.2 Å². The number of allylic oxidation sites excluding steroid dienone is 2. The van der Waals surface area contributed by atoms with E-state index in [4.69, 9.17) is 15.6 Å². The largest absolute Gasteiger partial charge is 0.481 e. The van der Waals surface area contributed by atoms with Gasteiger partial charge in [-0.05, 0) is 38.5 Å². The first kappa shape index (κ1) is 37.9. The molecule has 0 aromatic heterocycles. The van der Waals surface area contributed by atoms with E-state index in [2.05, 4.69) is 18.3 Å². The third-order valence-corrected chi connectivity index (χ3v) is 6.72. The Kier molecular flexibility index (Phi) is 19.1. The summed E-state index contributed by atoms with van der Waals surface area (Å²) in [5.41, 5.74) is 4.94. The van der Waals surface area contributed by atoms with Crippen molar-refractivity contribution in [2.45, 2.75) is 118 Å². The van der Waals surface area contributed by atoms with Gasteiger partial charge in [-0.2, -0.15) is 0 Å². The highest BCUT2D eigenvalue weighted by Crippen LogP contribution is 2.25. The Hall–Kier alpha value is -3.11. The lowest BCUT2D eigenvalue weighted by molar-refractivity contribution is -0.137. The lowest BCUT2D eigenvalue weighted by atomic mass is 9.88. The number of nitrogens with one attached hydrogen (secondary N) is 1. The zero-order chi connectivity index (χ0) is 31.4. The maximum atomic E-state index is 12.3. The molecule has 236 valence electrons. The number of hydrogen-bond acceptors (Lipinski definition) is 6. The molecule has 0 saturated carbocycles. The van der Waals surface area contributed by atoms with Crippen LogP contribution < -0.4 is 11.1 Å². The number of alkyl carbamates (subject to hydrolysis) is 1. The molecule has 2 rings (SSSR count). The molecular weight excluding hydrogens is 528 g/mol. The number of nitrogens with zero attached hydrogens (tertiary/aromatic N) is 2. The molecule has 2 atom stereocenters.